The van der Waals surface area contributed by atoms with Crippen molar-refractivity contribution in [2.75, 3.05) is 22.9 Å². The molecule has 6 heteroatoms. The number of nitrogens with zero attached hydrogens (tertiary/aromatic N) is 3. The zero-order valence-electron chi connectivity index (χ0n) is 11.8. The number of hydrogen-bond acceptors (Lipinski definition) is 6. The molecular formula is C14H20N6. The van der Waals surface area contributed by atoms with Crippen molar-refractivity contribution in [3.05, 3.63) is 30.2 Å². The number of nitrogen functional groups attached to an aromatic ring is 1. The molecule has 2 rings (SSSR count). The summed E-state index contributed by atoms with van der Waals surface area (Å²) < 4.78 is 0. The minimum Gasteiger partial charge on any atom is -0.393 e. The van der Waals surface area contributed by atoms with E-state index in [9.17, 15) is 0 Å². The predicted molar refractivity (Wildman–Crippen MR) is 82.1 cm³/mol. The van der Waals surface area contributed by atoms with Crippen LogP contribution in [0, 0.1) is 6.92 Å². The molecule has 20 heavy (non-hydrogen) atoms. The molecule has 0 saturated heterocycles. The Morgan fingerprint density at radius 3 is 2.65 bits per heavy atom. The lowest BCUT2D eigenvalue weighted by Gasteiger charge is -2.11. The van der Waals surface area contributed by atoms with Gasteiger partial charge < -0.3 is 16.4 Å². The molecule has 0 saturated carbocycles. The van der Waals surface area contributed by atoms with Gasteiger partial charge in [-0.15, -0.1) is 0 Å². The summed E-state index contributed by atoms with van der Waals surface area (Å²) in [6, 6.07) is 3.87. The molecule has 0 unspecified atom stereocenters. The van der Waals surface area contributed by atoms with Gasteiger partial charge in [0.25, 0.3) is 0 Å². The Bertz CT molecular complexity index is 552. The van der Waals surface area contributed by atoms with Crippen molar-refractivity contribution in [1.82, 2.24) is 15.0 Å². The minimum absolute atomic E-state index is 0.506. The Morgan fingerprint density at radius 2 is 1.95 bits per heavy atom. The molecule has 0 aliphatic rings. The fraction of sp³-hybridized carbons (Fsp3) is 0.357. The largest absolute Gasteiger partial charge is 0.393 e. The number of aromatic nitrogens is 3. The molecule has 2 heterocycles. The molecular weight excluding hydrogens is 252 g/mol. The lowest BCUT2D eigenvalue weighted by Crippen LogP contribution is -2.09. The van der Waals surface area contributed by atoms with Crippen LogP contribution in [0.4, 0.5) is 23.1 Å². The van der Waals surface area contributed by atoms with E-state index in [4.69, 9.17) is 5.73 Å². The maximum Gasteiger partial charge on any atom is 0.160 e. The van der Waals surface area contributed by atoms with Crippen molar-refractivity contribution < 1.29 is 0 Å². The Hall–Kier alpha value is -2.37. The van der Waals surface area contributed by atoms with E-state index in [0.29, 0.717) is 23.1 Å². The van der Waals surface area contributed by atoms with Gasteiger partial charge in [0, 0.05) is 12.7 Å². The SMILES string of the molecule is CCCCNc1ncnc(Nc2ccc(C)cn2)c1N. The van der Waals surface area contributed by atoms with Crippen LogP contribution in [0.5, 0.6) is 0 Å². The Kier molecular flexibility index (Phi) is 4.70. The van der Waals surface area contributed by atoms with E-state index >= 15 is 0 Å². The average Bonchev–Trinajstić information content (AvgIpc) is 2.45. The standard InChI is InChI=1S/C14H20N6/c1-3-4-7-16-13-12(15)14(19-9-18-13)20-11-6-5-10(2)8-17-11/h5-6,8-9H,3-4,7,15H2,1-2H3,(H2,16,17,18,19,20). The molecule has 0 radical (unpaired) electrons. The summed E-state index contributed by atoms with van der Waals surface area (Å²) in [5.74, 6) is 1.93. The van der Waals surface area contributed by atoms with Crippen molar-refractivity contribution in [2.24, 2.45) is 0 Å². The molecule has 6 nitrogen and oxygen atoms in total. The van der Waals surface area contributed by atoms with Gasteiger partial charge in [0.2, 0.25) is 0 Å². The van der Waals surface area contributed by atoms with Gasteiger partial charge in [-0.1, -0.05) is 19.4 Å². The summed E-state index contributed by atoms with van der Waals surface area (Å²) >= 11 is 0. The number of pyridine rings is 1. The number of rotatable bonds is 6. The summed E-state index contributed by atoms with van der Waals surface area (Å²) in [6.45, 7) is 4.98. The number of anilines is 4. The number of aryl methyl sites for hydroxylation is 1. The van der Waals surface area contributed by atoms with Crippen LogP contribution in [-0.2, 0) is 0 Å². The Balaban J connectivity index is 2.11. The van der Waals surface area contributed by atoms with Crippen molar-refractivity contribution in [3.8, 4) is 0 Å². The summed E-state index contributed by atoms with van der Waals surface area (Å²) in [6.07, 6.45) is 5.48. The van der Waals surface area contributed by atoms with E-state index in [1.807, 2.05) is 19.1 Å². The molecule has 0 atom stereocenters. The molecule has 0 aliphatic carbocycles. The van der Waals surface area contributed by atoms with Crippen LogP contribution in [0.25, 0.3) is 0 Å². The molecule has 2 aromatic heterocycles. The molecule has 4 N–H and O–H groups in total. The van der Waals surface area contributed by atoms with Crippen LogP contribution in [-0.4, -0.2) is 21.5 Å². The van der Waals surface area contributed by atoms with Gasteiger partial charge in [-0.3, -0.25) is 0 Å². The van der Waals surface area contributed by atoms with E-state index in [1.54, 1.807) is 6.20 Å². The highest BCUT2D eigenvalue weighted by Crippen LogP contribution is 2.24. The quantitative estimate of drug-likeness (QED) is 0.701. The second kappa shape index (κ2) is 6.70. The lowest BCUT2D eigenvalue weighted by molar-refractivity contribution is 0.831. The maximum atomic E-state index is 6.07. The molecule has 106 valence electrons. The first-order valence-corrected chi connectivity index (χ1v) is 6.74. The van der Waals surface area contributed by atoms with Gasteiger partial charge in [-0.25, -0.2) is 15.0 Å². The normalized spacial score (nSPS) is 10.3. The Labute approximate surface area is 118 Å². The molecule has 0 spiro atoms. The Morgan fingerprint density at radius 1 is 1.15 bits per heavy atom. The molecule has 2 aromatic rings. The van der Waals surface area contributed by atoms with Crippen molar-refractivity contribution in [3.63, 3.8) is 0 Å². The summed E-state index contributed by atoms with van der Waals surface area (Å²) in [5.41, 5.74) is 7.68. The first kappa shape index (κ1) is 14.0. The van der Waals surface area contributed by atoms with E-state index < -0.39 is 0 Å². The first-order valence-electron chi connectivity index (χ1n) is 6.74. The second-order valence-electron chi connectivity index (χ2n) is 4.61. The monoisotopic (exact) mass is 272 g/mol. The lowest BCUT2D eigenvalue weighted by atomic mass is 10.3. The summed E-state index contributed by atoms with van der Waals surface area (Å²) in [7, 11) is 0. The number of nitrogens with two attached hydrogens (primary N) is 1. The highest BCUT2D eigenvalue weighted by atomic mass is 15.1. The van der Waals surface area contributed by atoms with Crippen molar-refractivity contribution >= 4 is 23.1 Å². The highest BCUT2D eigenvalue weighted by Gasteiger charge is 2.08. The molecule has 0 bridgehead atoms. The van der Waals surface area contributed by atoms with E-state index in [0.717, 1.165) is 24.9 Å². The van der Waals surface area contributed by atoms with Gasteiger partial charge >= 0.3 is 0 Å². The predicted octanol–water partition coefficient (Wildman–Crippen LogP) is 2.72. The van der Waals surface area contributed by atoms with Gasteiger partial charge in [0.1, 0.15) is 17.8 Å². The third-order valence-corrected chi connectivity index (χ3v) is 2.86. The molecule has 0 aliphatic heterocycles. The van der Waals surface area contributed by atoms with E-state index in [1.165, 1.54) is 6.33 Å². The zero-order chi connectivity index (χ0) is 14.4. The summed E-state index contributed by atoms with van der Waals surface area (Å²) in [5, 5.41) is 6.32. The third-order valence-electron chi connectivity index (χ3n) is 2.86. The number of hydrogen-bond donors (Lipinski definition) is 3. The van der Waals surface area contributed by atoms with Crippen LogP contribution >= 0.6 is 0 Å². The third kappa shape index (κ3) is 3.57. The zero-order valence-corrected chi connectivity index (χ0v) is 11.8. The van der Waals surface area contributed by atoms with Crippen molar-refractivity contribution in [2.45, 2.75) is 26.7 Å². The fourth-order valence-electron chi connectivity index (χ4n) is 1.68. The number of nitrogens with one attached hydrogen (secondary N) is 2. The fourth-order valence-corrected chi connectivity index (χ4v) is 1.68. The van der Waals surface area contributed by atoms with E-state index in [2.05, 4.69) is 32.5 Å². The van der Waals surface area contributed by atoms with Gasteiger partial charge in [0.15, 0.2) is 11.6 Å². The average molecular weight is 272 g/mol. The minimum atomic E-state index is 0.506. The van der Waals surface area contributed by atoms with Crippen LogP contribution in [0.2, 0.25) is 0 Å². The van der Waals surface area contributed by atoms with E-state index in [-0.39, 0.29) is 0 Å². The van der Waals surface area contributed by atoms with Crippen LogP contribution < -0.4 is 16.4 Å². The second-order valence-corrected chi connectivity index (χ2v) is 4.61. The van der Waals surface area contributed by atoms with Crippen LogP contribution in [0.3, 0.4) is 0 Å². The molecule has 0 amide bonds. The van der Waals surface area contributed by atoms with Crippen LogP contribution in [0.1, 0.15) is 25.3 Å². The number of unbranched alkanes of at least 4 members (excludes halogenated alkanes) is 1. The van der Waals surface area contributed by atoms with Crippen LogP contribution in [0.15, 0.2) is 24.7 Å². The molecule has 0 aromatic carbocycles. The smallest absolute Gasteiger partial charge is 0.160 e. The topological polar surface area (TPSA) is 88.8 Å². The van der Waals surface area contributed by atoms with Gasteiger partial charge in [-0.2, -0.15) is 0 Å². The molecule has 0 fully saturated rings. The first-order chi connectivity index (χ1) is 9.70. The summed E-state index contributed by atoms with van der Waals surface area (Å²) in [4.78, 5) is 12.6. The van der Waals surface area contributed by atoms with Crippen molar-refractivity contribution in [1.29, 1.82) is 0 Å². The van der Waals surface area contributed by atoms with Gasteiger partial charge in [0.05, 0.1) is 0 Å². The highest BCUT2D eigenvalue weighted by molar-refractivity contribution is 5.76. The maximum absolute atomic E-state index is 6.07. The van der Waals surface area contributed by atoms with Gasteiger partial charge in [-0.05, 0) is 25.0 Å².